The molecule has 0 spiro atoms. The minimum atomic E-state index is 0. The van der Waals surface area contributed by atoms with Gasteiger partial charge in [0.05, 0.1) is 0 Å². The van der Waals surface area contributed by atoms with E-state index in [2.05, 4.69) is 149 Å². The van der Waals surface area contributed by atoms with Crippen LogP contribution < -0.4 is 24.8 Å². The summed E-state index contributed by atoms with van der Waals surface area (Å²) in [6.07, 6.45) is 6.43. The first-order valence-electron chi connectivity index (χ1n) is 15.8. The van der Waals surface area contributed by atoms with Gasteiger partial charge in [0.15, 0.2) is 0 Å². The normalized spacial score (nSPS) is 22.5. The molecular formula is C41H50Cl2Zr. The van der Waals surface area contributed by atoms with E-state index in [0.717, 1.165) is 0 Å². The summed E-state index contributed by atoms with van der Waals surface area (Å²) in [6.45, 7) is 26.1. The fraction of sp³-hybridized carbons (Fsp3) is 0.463. The Bertz CT molecular complexity index is 1520. The van der Waals surface area contributed by atoms with Crippen LogP contribution in [0.4, 0.5) is 0 Å². The number of hydrogen-bond acceptors (Lipinski definition) is 0. The van der Waals surface area contributed by atoms with E-state index in [0.29, 0.717) is 17.8 Å². The van der Waals surface area contributed by atoms with Gasteiger partial charge in [-0.3, -0.25) is 0 Å². The number of rotatable bonds is 2. The molecule has 0 N–H and O–H groups in total. The van der Waals surface area contributed by atoms with Crippen LogP contribution >= 0.6 is 0 Å². The van der Waals surface area contributed by atoms with E-state index in [9.17, 15) is 0 Å². The van der Waals surface area contributed by atoms with Gasteiger partial charge in [0, 0.05) is 17.8 Å². The maximum atomic E-state index is 2.67. The van der Waals surface area contributed by atoms with Crippen molar-refractivity contribution in [1.82, 2.24) is 0 Å². The summed E-state index contributed by atoms with van der Waals surface area (Å²) in [5.74, 6) is 1.24. The van der Waals surface area contributed by atoms with Crippen LogP contribution in [0.5, 0.6) is 0 Å². The summed E-state index contributed by atoms with van der Waals surface area (Å²) < 4.78 is 0. The monoisotopic (exact) mass is 702 g/mol. The molecule has 0 nitrogen and oxygen atoms in total. The van der Waals surface area contributed by atoms with E-state index >= 15 is 0 Å². The first-order valence-corrected chi connectivity index (χ1v) is 15.8. The van der Waals surface area contributed by atoms with Crippen molar-refractivity contribution in [2.24, 2.45) is 16.7 Å². The topological polar surface area (TPSA) is 0 Å². The second-order valence-corrected chi connectivity index (χ2v) is 16.7. The summed E-state index contributed by atoms with van der Waals surface area (Å²) in [5.41, 5.74) is 15.3. The van der Waals surface area contributed by atoms with Gasteiger partial charge in [0.1, 0.15) is 0 Å². The van der Waals surface area contributed by atoms with Gasteiger partial charge in [-0.05, 0) is 79.5 Å². The molecule has 0 aliphatic heterocycles. The molecule has 6 rings (SSSR count). The van der Waals surface area contributed by atoms with E-state index in [1.54, 1.807) is 16.7 Å². The van der Waals surface area contributed by atoms with E-state index < -0.39 is 0 Å². The Morgan fingerprint density at radius 2 is 1.14 bits per heavy atom. The molecule has 44 heavy (non-hydrogen) atoms. The van der Waals surface area contributed by atoms with Crippen LogP contribution in [0.2, 0.25) is 0 Å². The Morgan fingerprint density at radius 3 is 1.57 bits per heavy atom. The number of hydrogen-bond donors (Lipinski definition) is 0. The average molecular weight is 705 g/mol. The Labute approximate surface area is 299 Å². The number of benzene rings is 3. The molecule has 0 heterocycles. The Hall–Kier alpha value is -1.40. The molecule has 3 aromatic rings. The minimum Gasteiger partial charge on any atom is -1.00 e. The van der Waals surface area contributed by atoms with Crippen LogP contribution in [-0.2, 0) is 37.0 Å². The maximum absolute atomic E-state index is 2.67. The van der Waals surface area contributed by atoms with Crippen molar-refractivity contribution in [2.75, 3.05) is 0 Å². The van der Waals surface area contributed by atoms with Crippen LogP contribution in [0.1, 0.15) is 121 Å². The van der Waals surface area contributed by atoms with E-state index in [1.807, 2.05) is 0 Å². The van der Waals surface area contributed by atoms with Crippen LogP contribution in [-0.4, -0.2) is 0 Å². The second kappa shape index (κ2) is 12.3. The number of allylic oxidation sites excluding steroid dienone is 4. The molecule has 3 heteroatoms. The van der Waals surface area contributed by atoms with Crippen LogP contribution in [0.15, 0.2) is 84.0 Å². The fourth-order valence-corrected chi connectivity index (χ4v) is 7.94. The van der Waals surface area contributed by atoms with Crippen LogP contribution in [0.3, 0.4) is 0 Å². The minimum absolute atomic E-state index is 0. The summed E-state index contributed by atoms with van der Waals surface area (Å²) >= 11 is 0. The fourth-order valence-electron chi connectivity index (χ4n) is 7.94. The molecule has 232 valence electrons. The third-order valence-electron chi connectivity index (χ3n) is 10.5. The van der Waals surface area contributed by atoms with Crippen molar-refractivity contribution >= 4 is 0 Å². The van der Waals surface area contributed by atoms with Crippen LogP contribution in [0.25, 0.3) is 11.1 Å². The molecule has 0 aromatic heterocycles. The third kappa shape index (κ3) is 6.17. The van der Waals surface area contributed by atoms with Gasteiger partial charge in [-0.25, -0.2) is 0 Å². The SMILES string of the molecule is Cc1ccc(C2CC(C)(C3c4cc(C(C)(C)C)ccc4-c4ccc(C(C)(C)C)cc43)C3C=C(C(C)(C)C)C=C23)cc1.[Cl-].[Cl-].[Zr+2]. The zero-order chi connectivity index (χ0) is 29.7. The van der Waals surface area contributed by atoms with Gasteiger partial charge in [0.25, 0.3) is 0 Å². The predicted octanol–water partition coefficient (Wildman–Crippen LogP) is 5.43. The Kier molecular flexibility index (Phi) is 10.4. The summed E-state index contributed by atoms with van der Waals surface area (Å²) in [5, 5.41) is 0. The second-order valence-electron chi connectivity index (χ2n) is 16.7. The van der Waals surface area contributed by atoms with Crippen molar-refractivity contribution in [1.29, 1.82) is 0 Å². The quantitative estimate of drug-likeness (QED) is 0.334. The van der Waals surface area contributed by atoms with Crippen molar-refractivity contribution in [3.05, 3.63) is 117 Å². The maximum Gasteiger partial charge on any atom is 2.00 e. The smallest absolute Gasteiger partial charge is 1.00 e. The zero-order valence-electron chi connectivity index (χ0n) is 28.6. The summed E-state index contributed by atoms with van der Waals surface area (Å²) in [7, 11) is 0. The molecular weight excluding hydrogens is 655 g/mol. The number of halogens is 2. The molecule has 3 aliphatic carbocycles. The van der Waals surface area contributed by atoms with Gasteiger partial charge in [0.2, 0.25) is 0 Å². The third-order valence-corrected chi connectivity index (χ3v) is 10.5. The van der Waals surface area contributed by atoms with Gasteiger partial charge < -0.3 is 24.8 Å². The average Bonchev–Trinajstić information content (AvgIpc) is 3.53. The van der Waals surface area contributed by atoms with Crippen molar-refractivity contribution in [3.63, 3.8) is 0 Å². The largest absolute Gasteiger partial charge is 2.00 e. The molecule has 0 radical (unpaired) electrons. The van der Waals surface area contributed by atoms with Crippen molar-refractivity contribution in [2.45, 2.75) is 105 Å². The van der Waals surface area contributed by atoms with Crippen molar-refractivity contribution < 1.29 is 51.0 Å². The molecule has 3 atom stereocenters. The van der Waals surface area contributed by atoms with Crippen molar-refractivity contribution in [3.8, 4) is 11.1 Å². The molecule has 3 aliphatic rings. The molecule has 1 saturated carbocycles. The summed E-state index contributed by atoms with van der Waals surface area (Å²) in [4.78, 5) is 0. The molecule has 1 fully saturated rings. The van der Waals surface area contributed by atoms with Crippen LogP contribution in [0, 0.1) is 23.7 Å². The van der Waals surface area contributed by atoms with E-state index in [-0.39, 0.29) is 72.7 Å². The molecule has 3 aromatic carbocycles. The molecule has 0 amide bonds. The van der Waals surface area contributed by atoms with Gasteiger partial charge in [-0.2, -0.15) is 0 Å². The van der Waals surface area contributed by atoms with Gasteiger partial charge in [-0.15, -0.1) is 0 Å². The number of aryl methyl sites for hydroxylation is 1. The Morgan fingerprint density at radius 1 is 0.659 bits per heavy atom. The standard InChI is InChI=1S/C41H50.2ClH.Zr/c1-25-12-14-26(15-13-25)35-24-41(11,36-23-29(22-32(35)36)40(8,9)10)37-33-20-27(38(2,3)4)16-18-30(33)31-19-17-28(21-34(31)37)39(5,6)7;;;/h12-23,35-37H,24H2,1-11H3;2*1H;/q;;;+2/p-2. The molecule has 3 unspecified atom stereocenters. The first kappa shape index (κ1) is 37.1. The first-order chi connectivity index (χ1) is 19.0. The van der Waals surface area contributed by atoms with Gasteiger partial charge >= 0.3 is 26.2 Å². The molecule has 0 bridgehead atoms. The predicted molar refractivity (Wildman–Crippen MR) is 177 cm³/mol. The van der Waals surface area contributed by atoms with E-state index in [4.69, 9.17) is 0 Å². The van der Waals surface area contributed by atoms with Gasteiger partial charge in [-0.1, -0.05) is 153 Å². The summed E-state index contributed by atoms with van der Waals surface area (Å²) in [6, 6.07) is 24.2. The Balaban J connectivity index is 0.00000176. The number of fused-ring (bicyclic) bond motifs is 4. The van der Waals surface area contributed by atoms with E-state index in [1.165, 1.54) is 45.4 Å². The zero-order valence-corrected chi connectivity index (χ0v) is 32.6. The molecule has 0 saturated heterocycles.